The summed E-state index contributed by atoms with van der Waals surface area (Å²) in [6.45, 7) is 1.58. The largest absolute Gasteiger partial charge is 0.479 e. The van der Waals surface area contributed by atoms with Crippen molar-refractivity contribution in [3.63, 3.8) is 0 Å². The molecule has 2 rings (SSSR count). The molecule has 0 saturated carbocycles. The molecule has 2 atom stereocenters. The highest BCUT2D eigenvalue weighted by Crippen LogP contribution is 2.12. The number of nitrogens with zero attached hydrogens (tertiary/aromatic N) is 3. The number of aliphatic carboxylic acids is 1. The van der Waals surface area contributed by atoms with Crippen LogP contribution in [0, 0.1) is 0 Å². The molecule has 1 amide bonds. The molecule has 21 heavy (non-hydrogen) atoms. The van der Waals surface area contributed by atoms with Crippen LogP contribution in [0.15, 0.2) is 18.2 Å². The Morgan fingerprint density at radius 1 is 1.43 bits per heavy atom. The van der Waals surface area contributed by atoms with E-state index in [-0.39, 0.29) is 17.5 Å². The van der Waals surface area contributed by atoms with Crippen molar-refractivity contribution in [1.82, 2.24) is 20.5 Å². The van der Waals surface area contributed by atoms with Crippen molar-refractivity contribution in [3.05, 3.63) is 23.8 Å². The molecule has 0 unspecified atom stereocenters. The topological polar surface area (TPSA) is 138 Å². The highest BCUT2D eigenvalue weighted by molar-refractivity contribution is 5.97. The Kier molecular flexibility index (Phi) is 4.03. The number of carbonyl (C=O) groups excluding carboxylic acids is 1. The predicted molar refractivity (Wildman–Crippen MR) is 69.9 cm³/mol. The lowest BCUT2D eigenvalue weighted by atomic mass is 10.1. The molecule has 0 saturated heterocycles. The van der Waals surface area contributed by atoms with Crippen molar-refractivity contribution in [1.29, 1.82) is 0 Å². The Morgan fingerprint density at radius 2 is 2.14 bits per heavy atom. The van der Waals surface area contributed by atoms with E-state index in [1.165, 1.54) is 18.2 Å². The van der Waals surface area contributed by atoms with Crippen LogP contribution in [-0.4, -0.2) is 54.6 Å². The number of hydrogen-bond donors (Lipinski definition) is 4. The molecule has 9 heteroatoms. The van der Waals surface area contributed by atoms with Gasteiger partial charge in [-0.05, 0) is 30.3 Å². The van der Waals surface area contributed by atoms with E-state index in [4.69, 9.17) is 5.11 Å². The fraction of sp³-hybridized carbons (Fsp3) is 0.333. The first-order valence-electron chi connectivity index (χ1n) is 6.15. The number of rotatable bonds is 5. The molecule has 0 spiro atoms. The maximum absolute atomic E-state index is 12.0. The Labute approximate surface area is 118 Å². The summed E-state index contributed by atoms with van der Waals surface area (Å²) in [4.78, 5) is 23.1. The molecule has 2 aromatic rings. The van der Waals surface area contributed by atoms with Gasteiger partial charge in [0.2, 0.25) is 0 Å². The number of aliphatic hydroxyl groups excluding tert-OH is 1. The van der Waals surface area contributed by atoms with Gasteiger partial charge in [0.1, 0.15) is 11.0 Å². The van der Waals surface area contributed by atoms with E-state index in [2.05, 4.69) is 15.6 Å². The molecule has 1 aromatic heterocycles. The van der Waals surface area contributed by atoms with Gasteiger partial charge in [0.25, 0.3) is 5.91 Å². The maximum Gasteiger partial charge on any atom is 0.332 e. The summed E-state index contributed by atoms with van der Waals surface area (Å²) in [5.41, 5.74) is 0.973. The van der Waals surface area contributed by atoms with E-state index >= 15 is 0 Å². The van der Waals surface area contributed by atoms with E-state index in [1.54, 1.807) is 6.92 Å². The van der Waals surface area contributed by atoms with Crippen LogP contribution < -0.4 is 5.32 Å². The van der Waals surface area contributed by atoms with Gasteiger partial charge in [0.05, 0.1) is 0 Å². The smallest absolute Gasteiger partial charge is 0.332 e. The second-order valence-corrected chi connectivity index (χ2v) is 4.65. The van der Waals surface area contributed by atoms with Gasteiger partial charge in [-0.1, -0.05) is 4.85 Å². The number of carboxylic acid groups (broad SMARTS) is 1. The average molecular weight is 294 g/mol. The normalized spacial score (nSPS) is 13.8. The molecule has 112 valence electrons. The number of carboxylic acids is 1. The lowest BCUT2D eigenvalue weighted by Crippen LogP contribution is -2.37. The summed E-state index contributed by atoms with van der Waals surface area (Å²) in [5, 5.41) is 36.9. The number of fused-ring (bicyclic) bond motifs is 1. The number of amides is 1. The maximum atomic E-state index is 12.0. The van der Waals surface area contributed by atoms with Gasteiger partial charge in [-0.15, -0.1) is 5.10 Å². The van der Waals surface area contributed by atoms with E-state index in [0.29, 0.717) is 10.4 Å². The summed E-state index contributed by atoms with van der Waals surface area (Å²) < 4.78 is 0. The van der Waals surface area contributed by atoms with Crippen LogP contribution in [-0.2, 0) is 4.79 Å². The average Bonchev–Trinajstić information content (AvgIpc) is 2.79. The number of aliphatic hydroxyl groups is 1. The molecular formula is C12H14N4O5. The molecule has 0 fully saturated rings. The lowest BCUT2D eigenvalue weighted by Gasteiger charge is -2.15. The molecule has 0 radical (unpaired) electrons. The van der Waals surface area contributed by atoms with Gasteiger partial charge in [-0.2, -0.15) is 0 Å². The third kappa shape index (κ3) is 3.26. The first kappa shape index (κ1) is 14.7. The number of nitrogens with one attached hydrogen (secondary N) is 1. The Balaban J connectivity index is 2.07. The van der Waals surface area contributed by atoms with Crippen LogP contribution >= 0.6 is 0 Å². The zero-order valence-corrected chi connectivity index (χ0v) is 11.1. The fourth-order valence-electron chi connectivity index (χ4n) is 1.85. The fourth-order valence-corrected chi connectivity index (χ4v) is 1.85. The third-order valence-corrected chi connectivity index (χ3v) is 2.93. The lowest BCUT2D eigenvalue weighted by molar-refractivity contribution is -0.147. The monoisotopic (exact) mass is 294 g/mol. The summed E-state index contributed by atoms with van der Waals surface area (Å²) in [6, 6.07) is 3.91. The second-order valence-electron chi connectivity index (χ2n) is 4.65. The minimum Gasteiger partial charge on any atom is -0.479 e. The van der Waals surface area contributed by atoms with E-state index in [0.717, 1.165) is 0 Å². The summed E-state index contributed by atoms with van der Waals surface area (Å²) in [5.74, 6) is -1.80. The van der Waals surface area contributed by atoms with Gasteiger partial charge >= 0.3 is 5.97 Å². The molecule has 1 heterocycles. The highest BCUT2D eigenvalue weighted by atomic mass is 16.5. The van der Waals surface area contributed by atoms with Crippen LogP contribution in [0.2, 0.25) is 0 Å². The molecule has 9 nitrogen and oxygen atoms in total. The second kappa shape index (κ2) is 5.75. The van der Waals surface area contributed by atoms with Crippen LogP contribution in [0.4, 0.5) is 0 Å². The third-order valence-electron chi connectivity index (χ3n) is 2.93. The van der Waals surface area contributed by atoms with Crippen molar-refractivity contribution in [3.8, 4) is 0 Å². The van der Waals surface area contributed by atoms with Crippen LogP contribution in [0.5, 0.6) is 0 Å². The summed E-state index contributed by atoms with van der Waals surface area (Å²) in [7, 11) is 0. The van der Waals surface area contributed by atoms with Crippen molar-refractivity contribution < 1.29 is 25.0 Å². The molecule has 0 bridgehead atoms. The van der Waals surface area contributed by atoms with Crippen LogP contribution in [0.3, 0.4) is 0 Å². The standard InChI is InChI=1S/C12H14N4O5/c1-6(4-10(17)12(19)20)13-11(18)7-2-3-8-9(5-7)16(21)15-14-8/h2-3,5-6,10,17,21H,4H2,1H3,(H,13,18)(H,19,20)/t6-,10-/m1/s1. The molecule has 1 aromatic carbocycles. The quantitative estimate of drug-likeness (QED) is 0.551. The Morgan fingerprint density at radius 3 is 2.81 bits per heavy atom. The zero-order chi connectivity index (χ0) is 15.6. The highest BCUT2D eigenvalue weighted by Gasteiger charge is 2.19. The first-order valence-corrected chi connectivity index (χ1v) is 6.15. The van der Waals surface area contributed by atoms with Gasteiger partial charge in [-0.25, -0.2) is 4.79 Å². The predicted octanol–water partition coefficient (Wildman–Crippen LogP) is -0.377. The van der Waals surface area contributed by atoms with Crippen molar-refractivity contribution in [2.45, 2.75) is 25.5 Å². The van der Waals surface area contributed by atoms with Crippen molar-refractivity contribution in [2.24, 2.45) is 0 Å². The number of carbonyl (C=O) groups is 2. The van der Waals surface area contributed by atoms with E-state index in [9.17, 15) is 19.9 Å². The Hall–Kier alpha value is -2.68. The van der Waals surface area contributed by atoms with Crippen molar-refractivity contribution in [2.75, 3.05) is 0 Å². The van der Waals surface area contributed by atoms with Crippen LogP contribution in [0.1, 0.15) is 23.7 Å². The number of hydrogen-bond acceptors (Lipinski definition) is 6. The zero-order valence-electron chi connectivity index (χ0n) is 11.1. The molecule has 0 aliphatic carbocycles. The number of benzene rings is 1. The van der Waals surface area contributed by atoms with Gasteiger partial charge in [0.15, 0.2) is 6.10 Å². The van der Waals surface area contributed by atoms with E-state index in [1.807, 2.05) is 0 Å². The molecule has 0 aliphatic heterocycles. The minimum atomic E-state index is -1.54. The molecule has 4 N–H and O–H groups in total. The first-order chi connectivity index (χ1) is 9.88. The van der Waals surface area contributed by atoms with Gasteiger partial charge in [-0.3, -0.25) is 4.79 Å². The van der Waals surface area contributed by atoms with Gasteiger partial charge < -0.3 is 20.7 Å². The molecular weight excluding hydrogens is 280 g/mol. The molecule has 0 aliphatic rings. The van der Waals surface area contributed by atoms with Gasteiger partial charge in [0, 0.05) is 18.0 Å². The summed E-state index contributed by atoms with van der Waals surface area (Å²) >= 11 is 0. The van der Waals surface area contributed by atoms with Crippen LogP contribution in [0.25, 0.3) is 11.0 Å². The van der Waals surface area contributed by atoms with Crippen molar-refractivity contribution >= 4 is 22.9 Å². The Bertz CT molecular complexity index is 683. The summed E-state index contributed by atoms with van der Waals surface area (Å²) in [6.07, 6.45) is -1.64. The number of aromatic nitrogens is 3. The minimum absolute atomic E-state index is 0.108. The SMILES string of the molecule is C[C@H](C[C@@H](O)C(=O)O)NC(=O)c1ccc2nnn(O)c2c1. The van der Waals surface area contributed by atoms with E-state index < -0.39 is 24.0 Å².